The van der Waals surface area contributed by atoms with E-state index in [1.165, 1.54) is 9.87 Å². The number of rotatable bonds is 7. The highest BCUT2D eigenvalue weighted by molar-refractivity contribution is 7.89. The zero-order chi connectivity index (χ0) is 19.3. The molecule has 0 unspecified atom stereocenters. The Labute approximate surface area is 157 Å². The fraction of sp³-hybridized carbons (Fsp3) is 0.381. The Morgan fingerprint density at radius 1 is 1.04 bits per heavy atom. The van der Waals surface area contributed by atoms with E-state index in [0.29, 0.717) is 24.7 Å². The van der Waals surface area contributed by atoms with Gasteiger partial charge in [0.15, 0.2) is 0 Å². The molecule has 2 aromatic carbocycles. The molecular formula is C21H28N2O2S. The van der Waals surface area contributed by atoms with Gasteiger partial charge in [0.05, 0.1) is 5.69 Å². The van der Waals surface area contributed by atoms with Gasteiger partial charge in [-0.25, -0.2) is 8.42 Å². The van der Waals surface area contributed by atoms with Crippen LogP contribution in [0.4, 0.5) is 5.69 Å². The summed E-state index contributed by atoms with van der Waals surface area (Å²) in [5, 5.41) is 0. The van der Waals surface area contributed by atoms with Crippen molar-refractivity contribution >= 4 is 21.9 Å². The number of sulfonamides is 1. The minimum absolute atomic E-state index is 0.260. The fourth-order valence-electron chi connectivity index (χ4n) is 2.75. The zero-order valence-electron chi connectivity index (χ0n) is 16.2. The summed E-state index contributed by atoms with van der Waals surface area (Å²) >= 11 is 0. The summed E-state index contributed by atoms with van der Waals surface area (Å²) < 4.78 is 27.4. The lowest BCUT2D eigenvalue weighted by atomic mass is 10.0. The highest BCUT2D eigenvalue weighted by atomic mass is 32.2. The first-order chi connectivity index (χ1) is 12.3. The molecule has 2 rings (SSSR count). The van der Waals surface area contributed by atoms with Crippen molar-refractivity contribution in [1.29, 1.82) is 0 Å². The van der Waals surface area contributed by atoms with E-state index in [2.05, 4.69) is 31.0 Å². The van der Waals surface area contributed by atoms with Gasteiger partial charge in [-0.1, -0.05) is 58.0 Å². The van der Waals surface area contributed by atoms with E-state index < -0.39 is 10.0 Å². The topological polar surface area (TPSA) is 49.7 Å². The SMILES string of the molecule is CCN(CC)S(=O)(=O)c1cc(C)ccc1N=Cc1ccc(C(C)C)cc1. The van der Waals surface area contributed by atoms with Crippen LogP contribution in [-0.4, -0.2) is 32.0 Å². The average molecular weight is 373 g/mol. The van der Waals surface area contributed by atoms with Gasteiger partial charge in [0.2, 0.25) is 10.0 Å². The molecule has 0 heterocycles. The molecule has 0 fully saturated rings. The maximum absolute atomic E-state index is 13.0. The lowest BCUT2D eigenvalue weighted by Gasteiger charge is -2.19. The highest BCUT2D eigenvalue weighted by Gasteiger charge is 2.24. The van der Waals surface area contributed by atoms with Crippen LogP contribution in [-0.2, 0) is 10.0 Å². The minimum Gasteiger partial charge on any atom is -0.255 e. The summed E-state index contributed by atoms with van der Waals surface area (Å²) in [6.07, 6.45) is 1.72. The predicted octanol–water partition coefficient (Wildman–Crippen LogP) is 4.90. The first-order valence-electron chi connectivity index (χ1n) is 9.04. The second-order valence-corrected chi connectivity index (χ2v) is 8.55. The van der Waals surface area contributed by atoms with Gasteiger partial charge >= 0.3 is 0 Å². The summed E-state index contributed by atoms with van der Waals surface area (Å²) in [4.78, 5) is 4.74. The van der Waals surface area contributed by atoms with Crippen molar-refractivity contribution in [1.82, 2.24) is 4.31 Å². The molecule has 0 aliphatic rings. The van der Waals surface area contributed by atoms with Crippen LogP contribution in [0.2, 0.25) is 0 Å². The monoisotopic (exact) mass is 372 g/mol. The fourth-order valence-corrected chi connectivity index (χ4v) is 4.43. The number of nitrogens with zero attached hydrogens (tertiary/aromatic N) is 2. The molecule has 26 heavy (non-hydrogen) atoms. The number of aryl methyl sites for hydroxylation is 1. The van der Waals surface area contributed by atoms with Crippen LogP contribution >= 0.6 is 0 Å². The lowest BCUT2D eigenvalue weighted by molar-refractivity contribution is 0.445. The van der Waals surface area contributed by atoms with Gasteiger partial charge in [-0.2, -0.15) is 4.31 Å². The van der Waals surface area contributed by atoms with E-state index in [0.717, 1.165) is 11.1 Å². The Hall–Kier alpha value is -1.98. The maximum atomic E-state index is 13.0. The van der Waals surface area contributed by atoms with Crippen molar-refractivity contribution in [3.05, 3.63) is 59.2 Å². The van der Waals surface area contributed by atoms with Crippen LogP contribution < -0.4 is 0 Å². The number of benzene rings is 2. The molecule has 0 spiro atoms. The summed E-state index contributed by atoms with van der Waals surface area (Å²) in [6.45, 7) is 10.8. The molecule has 0 aliphatic heterocycles. The van der Waals surface area contributed by atoms with Crippen molar-refractivity contribution in [2.24, 2.45) is 4.99 Å². The van der Waals surface area contributed by atoms with Crippen molar-refractivity contribution in [2.75, 3.05) is 13.1 Å². The molecule has 5 heteroatoms. The third kappa shape index (κ3) is 4.59. The van der Waals surface area contributed by atoms with E-state index in [9.17, 15) is 8.42 Å². The van der Waals surface area contributed by atoms with Gasteiger partial charge in [-0.3, -0.25) is 4.99 Å². The lowest BCUT2D eigenvalue weighted by Crippen LogP contribution is -2.30. The Kier molecular flexibility index (Phi) is 6.73. The molecule has 4 nitrogen and oxygen atoms in total. The molecule has 140 valence electrons. The molecule has 0 saturated heterocycles. The summed E-state index contributed by atoms with van der Waals surface area (Å²) in [6, 6.07) is 13.5. The smallest absolute Gasteiger partial charge is 0.245 e. The van der Waals surface area contributed by atoms with Gasteiger partial charge in [0.25, 0.3) is 0 Å². The van der Waals surface area contributed by atoms with Crippen molar-refractivity contribution in [2.45, 2.75) is 45.4 Å². The summed E-state index contributed by atoms with van der Waals surface area (Å²) in [5.41, 5.74) is 3.58. The van der Waals surface area contributed by atoms with Gasteiger partial charge in [-0.05, 0) is 41.7 Å². The molecule has 0 aliphatic carbocycles. The van der Waals surface area contributed by atoms with Gasteiger partial charge in [-0.15, -0.1) is 0 Å². The Bertz CT molecular complexity index is 865. The second-order valence-electron chi connectivity index (χ2n) is 6.64. The molecule has 0 aromatic heterocycles. The van der Waals surface area contributed by atoms with Gasteiger partial charge in [0, 0.05) is 19.3 Å². The standard InChI is InChI=1S/C21H28N2O2S/c1-6-23(7-2)26(24,25)21-14-17(5)8-13-20(21)22-15-18-9-11-19(12-10-18)16(3)4/h8-16H,6-7H2,1-5H3. The highest BCUT2D eigenvalue weighted by Crippen LogP contribution is 2.28. The van der Waals surface area contributed by atoms with Crippen molar-refractivity contribution in [3.63, 3.8) is 0 Å². The summed E-state index contributed by atoms with van der Waals surface area (Å²) in [7, 11) is -3.56. The number of hydrogen-bond donors (Lipinski definition) is 0. The third-order valence-corrected chi connectivity index (χ3v) is 6.47. The normalized spacial score (nSPS) is 12.4. The molecule has 0 atom stereocenters. The van der Waals surface area contributed by atoms with Crippen molar-refractivity contribution < 1.29 is 8.42 Å². The first kappa shape index (κ1) is 20.3. The molecule has 0 amide bonds. The second kappa shape index (κ2) is 8.60. The van der Waals surface area contributed by atoms with Crippen LogP contribution in [0, 0.1) is 6.92 Å². The van der Waals surface area contributed by atoms with Crippen LogP contribution in [0.3, 0.4) is 0 Å². The molecule has 2 aromatic rings. The van der Waals surface area contributed by atoms with E-state index in [-0.39, 0.29) is 4.90 Å². The Morgan fingerprint density at radius 2 is 1.65 bits per heavy atom. The van der Waals surface area contributed by atoms with E-state index in [1.807, 2.05) is 39.0 Å². The van der Waals surface area contributed by atoms with Crippen LogP contribution in [0.1, 0.15) is 50.3 Å². The third-order valence-electron chi connectivity index (χ3n) is 4.39. The van der Waals surface area contributed by atoms with Crippen LogP contribution in [0.15, 0.2) is 52.4 Å². The quantitative estimate of drug-likeness (QED) is 0.649. The van der Waals surface area contributed by atoms with Crippen LogP contribution in [0.25, 0.3) is 0 Å². The largest absolute Gasteiger partial charge is 0.255 e. The minimum atomic E-state index is -3.56. The molecule has 0 bridgehead atoms. The molecule has 0 saturated carbocycles. The van der Waals surface area contributed by atoms with E-state index >= 15 is 0 Å². The van der Waals surface area contributed by atoms with Gasteiger partial charge < -0.3 is 0 Å². The van der Waals surface area contributed by atoms with E-state index in [4.69, 9.17) is 0 Å². The Balaban J connectivity index is 2.41. The number of hydrogen-bond acceptors (Lipinski definition) is 3. The average Bonchev–Trinajstić information content (AvgIpc) is 2.61. The first-order valence-corrected chi connectivity index (χ1v) is 10.5. The summed E-state index contributed by atoms with van der Waals surface area (Å²) in [5.74, 6) is 0.476. The van der Waals surface area contributed by atoms with Crippen LogP contribution in [0.5, 0.6) is 0 Å². The molecular weight excluding hydrogens is 344 g/mol. The number of aliphatic imine (C=N–C) groups is 1. The molecule has 0 radical (unpaired) electrons. The van der Waals surface area contributed by atoms with E-state index in [1.54, 1.807) is 18.3 Å². The molecule has 0 N–H and O–H groups in total. The van der Waals surface area contributed by atoms with Gasteiger partial charge in [0.1, 0.15) is 4.90 Å². The predicted molar refractivity (Wildman–Crippen MR) is 109 cm³/mol. The maximum Gasteiger partial charge on any atom is 0.245 e. The van der Waals surface area contributed by atoms with Crippen molar-refractivity contribution in [3.8, 4) is 0 Å². The zero-order valence-corrected chi connectivity index (χ0v) is 17.0. The Morgan fingerprint density at radius 3 is 2.19 bits per heavy atom.